The van der Waals surface area contributed by atoms with Crippen LogP contribution in [-0.2, 0) is 0 Å². The minimum atomic E-state index is -0.291. The van der Waals surface area contributed by atoms with E-state index in [9.17, 15) is 4.79 Å². The minimum absolute atomic E-state index is 0.291. The molecule has 1 N–H and O–H groups in total. The Balaban J connectivity index is 1.81. The lowest BCUT2D eigenvalue weighted by atomic mass is 10.2. The lowest BCUT2D eigenvalue weighted by molar-refractivity contribution is 0.102. The number of ether oxygens (including phenoxy) is 2. The van der Waals surface area contributed by atoms with Gasteiger partial charge in [-0.15, -0.1) is 11.3 Å². The van der Waals surface area contributed by atoms with E-state index in [1.807, 2.05) is 31.2 Å². The van der Waals surface area contributed by atoms with Gasteiger partial charge in [0.1, 0.15) is 22.2 Å². The van der Waals surface area contributed by atoms with Gasteiger partial charge in [-0.1, -0.05) is 29.8 Å². The molecule has 1 aromatic heterocycles. The Morgan fingerprint density at radius 2 is 1.84 bits per heavy atom. The van der Waals surface area contributed by atoms with Gasteiger partial charge in [0.2, 0.25) is 0 Å². The van der Waals surface area contributed by atoms with E-state index >= 15 is 0 Å². The number of carbonyl (C=O) groups is 1. The number of carbonyl (C=O) groups excluding carboxylic acids is 1. The van der Waals surface area contributed by atoms with Crippen molar-refractivity contribution in [2.75, 3.05) is 19.5 Å². The van der Waals surface area contributed by atoms with Crippen LogP contribution in [0, 0.1) is 6.92 Å². The first-order chi connectivity index (χ1) is 12.1. The van der Waals surface area contributed by atoms with E-state index in [-0.39, 0.29) is 5.91 Å². The minimum Gasteiger partial charge on any atom is -0.497 e. The first kappa shape index (κ1) is 17.0. The standard InChI is InChI=1S/C19H18N2O3S/c1-12-4-6-13(7-5-12)19-21-16(11-25-19)18(22)20-15-10-14(23-2)8-9-17(15)24-3/h4-11H,1-3H3,(H,20,22). The molecule has 0 saturated carbocycles. The van der Waals surface area contributed by atoms with Gasteiger partial charge in [0.15, 0.2) is 0 Å². The van der Waals surface area contributed by atoms with E-state index in [0.717, 1.165) is 10.6 Å². The highest BCUT2D eigenvalue weighted by molar-refractivity contribution is 7.13. The molecule has 0 aliphatic rings. The monoisotopic (exact) mass is 354 g/mol. The van der Waals surface area contributed by atoms with Gasteiger partial charge < -0.3 is 14.8 Å². The topological polar surface area (TPSA) is 60.5 Å². The van der Waals surface area contributed by atoms with E-state index < -0.39 is 0 Å². The van der Waals surface area contributed by atoms with E-state index in [2.05, 4.69) is 10.3 Å². The summed E-state index contributed by atoms with van der Waals surface area (Å²) in [5, 5.41) is 5.38. The zero-order chi connectivity index (χ0) is 17.8. The van der Waals surface area contributed by atoms with Crippen LogP contribution in [0.3, 0.4) is 0 Å². The number of benzene rings is 2. The van der Waals surface area contributed by atoms with Gasteiger partial charge in [0.05, 0.1) is 19.9 Å². The lowest BCUT2D eigenvalue weighted by Gasteiger charge is -2.10. The van der Waals surface area contributed by atoms with Crippen molar-refractivity contribution in [3.63, 3.8) is 0 Å². The maximum absolute atomic E-state index is 12.5. The van der Waals surface area contributed by atoms with Crippen molar-refractivity contribution in [3.8, 4) is 22.1 Å². The summed E-state index contributed by atoms with van der Waals surface area (Å²) < 4.78 is 10.5. The fourth-order valence-corrected chi connectivity index (χ4v) is 3.11. The van der Waals surface area contributed by atoms with Crippen LogP contribution in [0.2, 0.25) is 0 Å². The highest BCUT2D eigenvalue weighted by atomic mass is 32.1. The summed E-state index contributed by atoms with van der Waals surface area (Å²) in [7, 11) is 3.12. The Hall–Kier alpha value is -2.86. The SMILES string of the molecule is COc1ccc(OC)c(NC(=O)c2csc(-c3ccc(C)cc3)n2)c1. The van der Waals surface area contributed by atoms with Crippen LogP contribution in [0.15, 0.2) is 47.8 Å². The van der Waals surface area contributed by atoms with Crippen LogP contribution in [0.25, 0.3) is 10.6 Å². The Labute approximate surface area is 150 Å². The average Bonchev–Trinajstić information content (AvgIpc) is 3.12. The second kappa shape index (κ2) is 7.36. The van der Waals surface area contributed by atoms with Crippen molar-refractivity contribution in [1.29, 1.82) is 0 Å². The van der Waals surface area contributed by atoms with Crippen molar-refractivity contribution >= 4 is 22.9 Å². The second-order valence-electron chi connectivity index (χ2n) is 5.42. The summed E-state index contributed by atoms with van der Waals surface area (Å²) >= 11 is 1.44. The van der Waals surface area contributed by atoms with E-state index in [1.54, 1.807) is 37.8 Å². The molecule has 0 atom stereocenters. The third-order valence-corrected chi connectivity index (χ3v) is 4.58. The number of anilines is 1. The predicted octanol–water partition coefficient (Wildman–Crippen LogP) is 4.39. The maximum atomic E-state index is 12.5. The number of methoxy groups -OCH3 is 2. The Kier molecular flexibility index (Phi) is 5.00. The number of thiazole rings is 1. The number of nitrogens with one attached hydrogen (secondary N) is 1. The molecule has 1 heterocycles. The average molecular weight is 354 g/mol. The maximum Gasteiger partial charge on any atom is 0.275 e. The zero-order valence-electron chi connectivity index (χ0n) is 14.2. The Morgan fingerprint density at radius 1 is 1.08 bits per heavy atom. The highest BCUT2D eigenvalue weighted by Crippen LogP contribution is 2.30. The first-order valence-corrected chi connectivity index (χ1v) is 8.54. The smallest absolute Gasteiger partial charge is 0.275 e. The molecule has 0 bridgehead atoms. The molecule has 0 aliphatic heterocycles. The van der Waals surface area contributed by atoms with E-state index in [0.29, 0.717) is 22.9 Å². The van der Waals surface area contributed by atoms with Crippen LogP contribution in [0.5, 0.6) is 11.5 Å². The largest absolute Gasteiger partial charge is 0.497 e. The number of amides is 1. The summed E-state index contributed by atoms with van der Waals surface area (Å²) in [5.74, 6) is 0.902. The molecule has 0 saturated heterocycles. The molecule has 0 fully saturated rings. The molecule has 2 aromatic carbocycles. The molecule has 3 rings (SSSR count). The van der Waals surface area contributed by atoms with Gasteiger partial charge in [-0.3, -0.25) is 4.79 Å². The van der Waals surface area contributed by atoms with Gasteiger partial charge >= 0.3 is 0 Å². The summed E-state index contributed by atoms with van der Waals surface area (Å²) in [4.78, 5) is 17.0. The number of hydrogen-bond acceptors (Lipinski definition) is 5. The van der Waals surface area contributed by atoms with Gasteiger partial charge in [0.25, 0.3) is 5.91 Å². The molecular weight excluding hydrogens is 336 g/mol. The van der Waals surface area contributed by atoms with Crippen molar-refractivity contribution in [3.05, 3.63) is 59.1 Å². The zero-order valence-corrected chi connectivity index (χ0v) is 15.0. The fourth-order valence-electron chi connectivity index (χ4n) is 2.30. The van der Waals surface area contributed by atoms with Gasteiger partial charge in [-0.05, 0) is 19.1 Å². The number of aryl methyl sites for hydroxylation is 1. The first-order valence-electron chi connectivity index (χ1n) is 7.66. The molecule has 6 heteroatoms. The third kappa shape index (κ3) is 3.80. The summed E-state index contributed by atoms with van der Waals surface area (Å²) in [6.45, 7) is 2.03. The van der Waals surface area contributed by atoms with Gasteiger partial charge in [0, 0.05) is 17.0 Å². The molecule has 128 valence electrons. The number of rotatable bonds is 5. The number of aromatic nitrogens is 1. The molecule has 0 spiro atoms. The molecule has 25 heavy (non-hydrogen) atoms. The second-order valence-corrected chi connectivity index (χ2v) is 6.28. The van der Waals surface area contributed by atoms with E-state index in [4.69, 9.17) is 9.47 Å². The van der Waals surface area contributed by atoms with Crippen LogP contribution < -0.4 is 14.8 Å². The number of hydrogen-bond donors (Lipinski definition) is 1. The van der Waals surface area contributed by atoms with Gasteiger partial charge in [-0.2, -0.15) is 0 Å². The Morgan fingerprint density at radius 3 is 2.52 bits per heavy atom. The lowest BCUT2D eigenvalue weighted by Crippen LogP contribution is -2.13. The highest BCUT2D eigenvalue weighted by Gasteiger charge is 2.15. The van der Waals surface area contributed by atoms with Crippen molar-refractivity contribution in [1.82, 2.24) is 4.98 Å². The Bertz CT molecular complexity index is 888. The van der Waals surface area contributed by atoms with Crippen molar-refractivity contribution in [2.24, 2.45) is 0 Å². The fraction of sp³-hybridized carbons (Fsp3) is 0.158. The van der Waals surface area contributed by atoms with Crippen molar-refractivity contribution < 1.29 is 14.3 Å². The predicted molar refractivity (Wildman–Crippen MR) is 99.8 cm³/mol. The molecule has 5 nitrogen and oxygen atoms in total. The number of nitrogens with zero attached hydrogens (tertiary/aromatic N) is 1. The van der Waals surface area contributed by atoms with E-state index in [1.165, 1.54) is 16.9 Å². The third-order valence-electron chi connectivity index (χ3n) is 3.69. The van der Waals surface area contributed by atoms with Crippen LogP contribution in [0.1, 0.15) is 16.1 Å². The molecule has 3 aromatic rings. The molecule has 0 aliphatic carbocycles. The molecule has 1 amide bonds. The molecule has 0 unspecified atom stereocenters. The summed E-state index contributed by atoms with van der Waals surface area (Å²) in [5.41, 5.74) is 3.08. The summed E-state index contributed by atoms with van der Waals surface area (Å²) in [6, 6.07) is 13.3. The summed E-state index contributed by atoms with van der Waals surface area (Å²) in [6.07, 6.45) is 0. The molecular formula is C19H18N2O3S. The van der Waals surface area contributed by atoms with Crippen LogP contribution in [0.4, 0.5) is 5.69 Å². The van der Waals surface area contributed by atoms with Crippen LogP contribution in [-0.4, -0.2) is 25.1 Å². The van der Waals surface area contributed by atoms with Gasteiger partial charge in [-0.25, -0.2) is 4.98 Å². The van der Waals surface area contributed by atoms with Crippen LogP contribution >= 0.6 is 11.3 Å². The molecule has 0 radical (unpaired) electrons. The normalized spacial score (nSPS) is 10.4. The van der Waals surface area contributed by atoms with Crippen molar-refractivity contribution in [2.45, 2.75) is 6.92 Å². The quantitative estimate of drug-likeness (QED) is 0.738.